The number of carbonyl (C=O) groups is 1. The lowest BCUT2D eigenvalue weighted by atomic mass is 9.84. The molecule has 2 aromatic carbocycles. The van der Waals surface area contributed by atoms with Crippen molar-refractivity contribution in [3.05, 3.63) is 71.8 Å². The Morgan fingerprint density at radius 1 is 1.05 bits per heavy atom. The first-order chi connectivity index (χ1) is 10.3. The van der Waals surface area contributed by atoms with Crippen molar-refractivity contribution in [2.75, 3.05) is 0 Å². The number of hydrogen-bond donors (Lipinski definition) is 0. The highest BCUT2D eigenvalue weighted by atomic mass is 16.6. The molecule has 3 heteroatoms. The van der Waals surface area contributed by atoms with Crippen molar-refractivity contribution in [2.24, 2.45) is 5.16 Å². The summed E-state index contributed by atoms with van der Waals surface area (Å²) in [5.74, 6) is -0.0559. The predicted octanol–water partition coefficient (Wildman–Crippen LogP) is 3.55. The highest BCUT2D eigenvalue weighted by Crippen LogP contribution is 2.33. The Morgan fingerprint density at radius 3 is 2.29 bits per heavy atom. The number of rotatable bonds is 4. The minimum atomic E-state index is -0.521. The molecule has 0 aliphatic carbocycles. The molecular weight excluding hydrogens is 262 g/mol. The molecule has 1 aliphatic heterocycles. The van der Waals surface area contributed by atoms with E-state index >= 15 is 0 Å². The molecule has 3 rings (SSSR count). The molecule has 0 spiro atoms. The Balaban J connectivity index is 2.02. The number of carbonyl (C=O) groups excluding carboxylic acids is 1. The van der Waals surface area contributed by atoms with Gasteiger partial charge in [-0.25, -0.2) is 0 Å². The minimum absolute atomic E-state index is 0.0820. The highest BCUT2D eigenvalue weighted by molar-refractivity contribution is 6.09. The molecule has 2 atom stereocenters. The molecule has 1 heterocycles. The van der Waals surface area contributed by atoms with Crippen LogP contribution in [-0.4, -0.2) is 17.6 Å². The fourth-order valence-electron chi connectivity index (χ4n) is 2.65. The van der Waals surface area contributed by atoms with Gasteiger partial charge in [-0.2, -0.15) is 0 Å². The maximum atomic E-state index is 12.2. The molecule has 0 aromatic heterocycles. The molecule has 0 amide bonds. The van der Waals surface area contributed by atoms with E-state index in [9.17, 15) is 4.79 Å². The lowest BCUT2D eigenvalue weighted by Gasteiger charge is -2.18. The molecule has 106 valence electrons. The van der Waals surface area contributed by atoms with Gasteiger partial charge in [0.1, 0.15) is 0 Å². The summed E-state index contributed by atoms with van der Waals surface area (Å²) in [6.07, 6.45) is -0.0707. The van der Waals surface area contributed by atoms with Gasteiger partial charge in [-0.05, 0) is 5.56 Å². The van der Waals surface area contributed by atoms with Crippen LogP contribution in [0.25, 0.3) is 0 Å². The van der Waals surface area contributed by atoms with Crippen molar-refractivity contribution in [1.29, 1.82) is 0 Å². The molecule has 3 nitrogen and oxygen atoms in total. The van der Waals surface area contributed by atoms with Gasteiger partial charge in [-0.3, -0.25) is 4.79 Å². The number of nitrogens with zero attached hydrogens (tertiary/aromatic N) is 1. The fourth-order valence-corrected chi connectivity index (χ4v) is 2.65. The summed E-state index contributed by atoms with van der Waals surface area (Å²) in [4.78, 5) is 17.7. The zero-order valence-corrected chi connectivity index (χ0v) is 11.9. The van der Waals surface area contributed by atoms with Gasteiger partial charge in [0, 0.05) is 12.0 Å². The Kier molecular flexibility index (Phi) is 3.82. The first-order valence-electron chi connectivity index (χ1n) is 7.18. The van der Waals surface area contributed by atoms with Gasteiger partial charge in [0.15, 0.2) is 11.9 Å². The normalized spacial score (nSPS) is 20.7. The van der Waals surface area contributed by atoms with Crippen LogP contribution < -0.4 is 0 Å². The summed E-state index contributed by atoms with van der Waals surface area (Å²) < 4.78 is 0. The first-order valence-corrected chi connectivity index (χ1v) is 7.18. The molecule has 1 aliphatic rings. The van der Waals surface area contributed by atoms with Crippen LogP contribution in [0.2, 0.25) is 0 Å². The highest BCUT2D eigenvalue weighted by Gasteiger charge is 2.39. The number of ketones is 1. The summed E-state index contributed by atoms with van der Waals surface area (Å²) in [6.45, 7) is 1.86. The van der Waals surface area contributed by atoms with E-state index < -0.39 is 6.10 Å². The summed E-state index contributed by atoms with van der Waals surface area (Å²) in [7, 11) is 0. The van der Waals surface area contributed by atoms with E-state index in [4.69, 9.17) is 4.84 Å². The second-order valence-corrected chi connectivity index (χ2v) is 5.08. The Hall–Kier alpha value is -2.42. The fraction of sp³-hybridized carbons (Fsp3) is 0.222. The van der Waals surface area contributed by atoms with Crippen molar-refractivity contribution in [3.8, 4) is 0 Å². The van der Waals surface area contributed by atoms with Gasteiger partial charge in [0.05, 0.1) is 11.6 Å². The quantitative estimate of drug-likeness (QED) is 0.858. The first kappa shape index (κ1) is 13.6. The van der Waals surface area contributed by atoms with Crippen LogP contribution in [0.15, 0.2) is 65.8 Å². The molecule has 0 fully saturated rings. The van der Waals surface area contributed by atoms with Crippen LogP contribution in [0.4, 0.5) is 0 Å². The van der Waals surface area contributed by atoms with Gasteiger partial charge in [-0.1, -0.05) is 72.7 Å². The molecule has 0 N–H and O–H groups in total. The minimum Gasteiger partial charge on any atom is -0.383 e. The van der Waals surface area contributed by atoms with Crippen LogP contribution in [0.1, 0.15) is 30.4 Å². The van der Waals surface area contributed by atoms with E-state index in [1.54, 1.807) is 0 Å². The maximum absolute atomic E-state index is 12.2. The second kappa shape index (κ2) is 5.92. The predicted molar refractivity (Wildman–Crippen MR) is 82.3 cm³/mol. The smallest absolute Gasteiger partial charge is 0.197 e. The third-order valence-electron chi connectivity index (χ3n) is 3.76. The maximum Gasteiger partial charge on any atom is 0.197 e. The molecule has 0 saturated carbocycles. The van der Waals surface area contributed by atoms with Gasteiger partial charge >= 0.3 is 0 Å². The van der Waals surface area contributed by atoms with Crippen molar-refractivity contribution in [1.82, 2.24) is 0 Å². The van der Waals surface area contributed by atoms with Crippen LogP contribution in [-0.2, 0) is 9.63 Å². The third-order valence-corrected chi connectivity index (χ3v) is 3.76. The molecule has 2 aromatic rings. The standard InChI is InChI=1S/C18H17NO2/c1-2-15(20)18-16(13-9-5-3-6-10-13)17(19-21-18)14-11-7-4-8-12-14/h3-12,16,18H,2H2,1H3. The van der Waals surface area contributed by atoms with E-state index in [2.05, 4.69) is 5.16 Å². The largest absolute Gasteiger partial charge is 0.383 e. The van der Waals surface area contributed by atoms with Crippen molar-refractivity contribution < 1.29 is 9.63 Å². The van der Waals surface area contributed by atoms with Gasteiger partial charge in [0.25, 0.3) is 0 Å². The number of benzene rings is 2. The molecular formula is C18H17NO2. The van der Waals surface area contributed by atoms with E-state index in [1.165, 1.54) is 0 Å². The van der Waals surface area contributed by atoms with Gasteiger partial charge in [0.2, 0.25) is 0 Å². The average molecular weight is 279 g/mol. The van der Waals surface area contributed by atoms with E-state index in [0.717, 1.165) is 16.8 Å². The van der Waals surface area contributed by atoms with Crippen LogP contribution >= 0.6 is 0 Å². The lowest BCUT2D eigenvalue weighted by Crippen LogP contribution is -2.29. The van der Waals surface area contributed by atoms with Crippen LogP contribution in [0.5, 0.6) is 0 Å². The van der Waals surface area contributed by atoms with Crippen LogP contribution in [0.3, 0.4) is 0 Å². The zero-order valence-electron chi connectivity index (χ0n) is 11.9. The van der Waals surface area contributed by atoms with E-state index in [1.807, 2.05) is 67.6 Å². The monoisotopic (exact) mass is 279 g/mol. The third kappa shape index (κ3) is 2.59. The van der Waals surface area contributed by atoms with Crippen LogP contribution in [0, 0.1) is 0 Å². The summed E-state index contributed by atoms with van der Waals surface area (Å²) in [5.41, 5.74) is 2.88. The lowest BCUT2D eigenvalue weighted by molar-refractivity contribution is -0.129. The van der Waals surface area contributed by atoms with Gasteiger partial charge < -0.3 is 4.84 Å². The summed E-state index contributed by atoms with van der Waals surface area (Å²) in [5, 5.41) is 4.21. The zero-order chi connectivity index (χ0) is 14.7. The van der Waals surface area contributed by atoms with E-state index in [0.29, 0.717) is 6.42 Å². The van der Waals surface area contributed by atoms with E-state index in [-0.39, 0.29) is 11.7 Å². The molecule has 0 radical (unpaired) electrons. The summed E-state index contributed by atoms with van der Waals surface area (Å²) >= 11 is 0. The molecule has 0 bridgehead atoms. The number of oxime groups is 1. The SMILES string of the molecule is CCC(=O)C1ON=C(c2ccccc2)C1c1ccccc1. The Morgan fingerprint density at radius 2 is 1.67 bits per heavy atom. The number of Topliss-reactive ketones (excluding diaryl/α,β-unsaturated/α-hetero) is 1. The molecule has 0 saturated heterocycles. The topological polar surface area (TPSA) is 38.7 Å². The van der Waals surface area contributed by atoms with Crippen molar-refractivity contribution >= 4 is 11.5 Å². The van der Waals surface area contributed by atoms with Crippen molar-refractivity contribution in [3.63, 3.8) is 0 Å². The average Bonchev–Trinajstić information content (AvgIpc) is 3.00. The number of hydrogen-bond acceptors (Lipinski definition) is 3. The molecule has 2 unspecified atom stereocenters. The second-order valence-electron chi connectivity index (χ2n) is 5.08. The summed E-state index contributed by atoms with van der Waals surface area (Å²) in [6, 6.07) is 19.9. The van der Waals surface area contributed by atoms with Crippen molar-refractivity contribution in [2.45, 2.75) is 25.4 Å². The molecule has 21 heavy (non-hydrogen) atoms. The Labute approximate surface area is 124 Å². The Bertz CT molecular complexity index is 649. The van der Waals surface area contributed by atoms with Gasteiger partial charge in [-0.15, -0.1) is 0 Å².